The summed E-state index contributed by atoms with van der Waals surface area (Å²) in [6, 6.07) is 7.53. The van der Waals surface area contributed by atoms with Crippen LogP contribution in [0.1, 0.15) is 13.8 Å². The Morgan fingerprint density at radius 3 is 2.79 bits per heavy atom. The number of nitrogens with one attached hydrogen (secondary N) is 1. The van der Waals surface area contributed by atoms with E-state index < -0.39 is 0 Å². The Morgan fingerprint density at radius 2 is 2.16 bits per heavy atom. The molecule has 2 aromatic rings. The molecule has 0 saturated carbocycles. The molecule has 0 saturated heterocycles. The van der Waals surface area contributed by atoms with E-state index in [2.05, 4.69) is 10.4 Å². The van der Waals surface area contributed by atoms with Crippen LogP contribution in [0, 0.1) is 5.41 Å². The van der Waals surface area contributed by atoms with Crippen molar-refractivity contribution in [3.05, 3.63) is 41.7 Å². The van der Waals surface area contributed by atoms with Gasteiger partial charge in [0, 0.05) is 31.0 Å². The SMILES string of the molecule is CC(C)(CO)CNc1cccc(Cl)c1-n1cccn1. The lowest BCUT2D eigenvalue weighted by molar-refractivity contribution is 0.171. The van der Waals surface area contributed by atoms with E-state index in [-0.39, 0.29) is 12.0 Å². The zero-order chi connectivity index (χ0) is 13.9. The summed E-state index contributed by atoms with van der Waals surface area (Å²) in [5, 5.41) is 17.5. The van der Waals surface area contributed by atoms with Crippen molar-refractivity contribution in [2.45, 2.75) is 13.8 Å². The van der Waals surface area contributed by atoms with E-state index >= 15 is 0 Å². The Labute approximate surface area is 118 Å². The first-order valence-electron chi connectivity index (χ1n) is 6.17. The molecule has 0 bridgehead atoms. The minimum Gasteiger partial charge on any atom is -0.396 e. The summed E-state index contributed by atoms with van der Waals surface area (Å²) in [4.78, 5) is 0. The molecule has 0 spiro atoms. The second-order valence-electron chi connectivity index (χ2n) is 5.26. The molecule has 0 fully saturated rings. The van der Waals surface area contributed by atoms with Crippen LogP contribution >= 0.6 is 11.6 Å². The smallest absolute Gasteiger partial charge is 0.106 e. The standard InChI is InChI=1S/C14H18ClN3O/c1-14(2,10-19)9-16-12-6-3-5-11(15)13(12)18-8-4-7-17-18/h3-8,16,19H,9-10H2,1-2H3. The Morgan fingerprint density at radius 1 is 1.37 bits per heavy atom. The Kier molecular flexibility index (Phi) is 4.12. The quantitative estimate of drug-likeness (QED) is 0.885. The molecule has 0 radical (unpaired) electrons. The van der Waals surface area contributed by atoms with Crippen molar-refractivity contribution in [3.8, 4) is 5.69 Å². The number of nitrogens with zero attached hydrogens (tertiary/aromatic N) is 2. The number of anilines is 1. The van der Waals surface area contributed by atoms with Crippen molar-refractivity contribution in [1.29, 1.82) is 0 Å². The topological polar surface area (TPSA) is 50.1 Å². The molecule has 2 rings (SSSR count). The first kappa shape index (κ1) is 13.9. The van der Waals surface area contributed by atoms with E-state index in [9.17, 15) is 5.11 Å². The van der Waals surface area contributed by atoms with Crippen LogP contribution in [0.5, 0.6) is 0 Å². The van der Waals surface area contributed by atoms with Crippen LogP contribution in [0.15, 0.2) is 36.7 Å². The number of halogens is 1. The molecule has 0 amide bonds. The molecule has 2 N–H and O–H groups in total. The molecule has 102 valence electrons. The predicted octanol–water partition coefficient (Wildman–Crippen LogP) is 2.96. The van der Waals surface area contributed by atoms with Gasteiger partial charge in [0.2, 0.25) is 0 Å². The third-order valence-corrected chi connectivity index (χ3v) is 3.21. The number of hydrogen-bond donors (Lipinski definition) is 2. The summed E-state index contributed by atoms with van der Waals surface area (Å²) < 4.78 is 1.73. The van der Waals surface area contributed by atoms with Gasteiger partial charge in [0.05, 0.1) is 10.7 Å². The highest BCUT2D eigenvalue weighted by atomic mass is 35.5. The third kappa shape index (κ3) is 3.28. The van der Waals surface area contributed by atoms with Crippen molar-refractivity contribution in [2.24, 2.45) is 5.41 Å². The number of hydrogen-bond acceptors (Lipinski definition) is 3. The molecule has 1 heterocycles. The number of aromatic nitrogens is 2. The van der Waals surface area contributed by atoms with Crippen molar-refractivity contribution < 1.29 is 5.11 Å². The minimum absolute atomic E-state index is 0.123. The predicted molar refractivity (Wildman–Crippen MR) is 77.9 cm³/mol. The van der Waals surface area contributed by atoms with E-state index in [4.69, 9.17) is 11.6 Å². The number of aliphatic hydroxyl groups is 1. The summed E-state index contributed by atoms with van der Waals surface area (Å²) in [6.45, 7) is 4.77. The van der Waals surface area contributed by atoms with Crippen LogP contribution < -0.4 is 5.32 Å². The normalized spacial score (nSPS) is 11.6. The molecule has 0 unspecified atom stereocenters. The minimum atomic E-state index is -0.191. The van der Waals surface area contributed by atoms with Crippen LogP contribution in [0.25, 0.3) is 5.69 Å². The fraction of sp³-hybridized carbons (Fsp3) is 0.357. The average Bonchev–Trinajstić information content (AvgIpc) is 2.90. The van der Waals surface area contributed by atoms with Gasteiger partial charge in [-0.15, -0.1) is 0 Å². The second kappa shape index (κ2) is 5.63. The van der Waals surface area contributed by atoms with Crippen LogP contribution in [0.4, 0.5) is 5.69 Å². The maximum atomic E-state index is 9.30. The average molecular weight is 280 g/mol. The highest BCUT2D eigenvalue weighted by Crippen LogP contribution is 2.28. The van der Waals surface area contributed by atoms with Gasteiger partial charge < -0.3 is 10.4 Å². The zero-order valence-electron chi connectivity index (χ0n) is 11.1. The summed E-state index contributed by atoms with van der Waals surface area (Å²) in [6.07, 6.45) is 3.56. The van der Waals surface area contributed by atoms with Crippen LogP contribution in [-0.4, -0.2) is 28.0 Å². The lowest BCUT2D eigenvalue weighted by Crippen LogP contribution is -2.27. The number of benzene rings is 1. The lowest BCUT2D eigenvalue weighted by Gasteiger charge is -2.23. The van der Waals surface area contributed by atoms with Gasteiger partial charge in [0.25, 0.3) is 0 Å². The van der Waals surface area contributed by atoms with Gasteiger partial charge in [-0.3, -0.25) is 0 Å². The molecule has 0 aliphatic rings. The molecule has 0 atom stereocenters. The number of aliphatic hydroxyl groups excluding tert-OH is 1. The maximum absolute atomic E-state index is 9.30. The van der Waals surface area contributed by atoms with Gasteiger partial charge in [-0.2, -0.15) is 5.10 Å². The van der Waals surface area contributed by atoms with Crippen LogP contribution in [0.2, 0.25) is 5.02 Å². The van der Waals surface area contributed by atoms with Gasteiger partial charge in [0.15, 0.2) is 0 Å². The van der Waals surface area contributed by atoms with E-state index in [1.54, 1.807) is 10.9 Å². The van der Waals surface area contributed by atoms with Crippen LogP contribution in [0.3, 0.4) is 0 Å². The zero-order valence-corrected chi connectivity index (χ0v) is 11.9. The lowest BCUT2D eigenvalue weighted by atomic mass is 9.95. The van der Waals surface area contributed by atoms with Gasteiger partial charge in [-0.25, -0.2) is 4.68 Å². The second-order valence-corrected chi connectivity index (χ2v) is 5.67. The number of rotatable bonds is 5. The molecule has 0 aliphatic carbocycles. The molecular formula is C14H18ClN3O. The molecular weight excluding hydrogens is 262 g/mol. The molecule has 1 aromatic heterocycles. The highest BCUT2D eigenvalue weighted by Gasteiger charge is 2.17. The van der Waals surface area contributed by atoms with Gasteiger partial charge in [-0.05, 0) is 18.2 Å². The first-order chi connectivity index (χ1) is 9.03. The first-order valence-corrected chi connectivity index (χ1v) is 6.54. The number of para-hydroxylation sites is 1. The molecule has 4 nitrogen and oxygen atoms in total. The Balaban J connectivity index is 2.29. The van der Waals surface area contributed by atoms with Gasteiger partial charge in [0.1, 0.15) is 5.69 Å². The van der Waals surface area contributed by atoms with Gasteiger partial charge >= 0.3 is 0 Å². The van der Waals surface area contributed by atoms with Crippen LogP contribution in [-0.2, 0) is 0 Å². The van der Waals surface area contributed by atoms with E-state index in [1.807, 2.05) is 44.3 Å². The fourth-order valence-corrected chi connectivity index (χ4v) is 1.94. The van der Waals surface area contributed by atoms with E-state index in [1.165, 1.54) is 0 Å². The largest absolute Gasteiger partial charge is 0.396 e. The molecule has 0 aliphatic heterocycles. The molecule has 1 aromatic carbocycles. The van der Waals surface area contributed by atoms with Crippen molar-refractivity contribution >= 4 is 17.3 Å². The van der Waals surface area contributed by atoms with Gasteiger partial charge in [-0.1, -0.05) is 31.5 Å². The van der Waals surface area contributed by atoms with Crippen molar-refractivity contribution in [3.63, 3.8) is 0 Å². The molecule has 19 heavy (non-hydrogen) atoms. The summed E-state index contributed by atoms with van der Waals surface area (Å²) >= 11 is 6.25. The van der Waals surface area contributed by atoms with Crippen molar-refractivity contribution in [1.82, 2.24) is 9.78 Å². The fourth-order valence-electron chi connectivity index (χ4n) is 1.68. The third-order valence-electron chi connectivity index (χ3n) is 2.91. The summed E-state index contributed by atoms with van der Waals surface area (Å²) in [5.41, 5.74) is 1.53. The summed E-state index contributed by atoms with van der Waals surface area (Å²) in [7, 11) is 0. The summed E-state index contributed by atoms with van der Waals surface area (Å²) in [5.74, 6) is 0. The monoisotopic (exact) mass is 279 g/mol. The molecule has 5 heteroatoms. The van der Waals surface area contributed by atoms with E-state index in [0.717, 1.165) is 11.4 Å². The van der Waals surface area contributed by atoms with Crippen molar-refractivity contribution in [2.75, 3.05) is 18.5 Å². The Hall–Kier alpha value is -1.52. The maximum Gasteiger partial charge on any atom is 0.106 e. The van der Waals surface area contributed by atoms with E-state index in [0.29, 0.717) is 11.6 Å². The highest BCUT2D eigenvalue weighted by molar-refractivity contribution is 6.33. The Bertz CT molecular complexity index is 538.